The Hall–Kier alpha value is -1.01. The summed E-state index contributed by atoms with van der Waals surface area (Å²) in [6.07, 6.45) is 3.29. The van der Waals surface area contributed by atoms with E-state index >= 15 is 0 Å². The Morgan fingerprint density at radius 1 is 1.57 bits per heavy atom. The predicted molar refractivity (Wildman–Crippen MR) is 39.3 cm³/mol. The summed E-state index contributed by atoms with van der Waals surface area (Å²) in [6.45, 7) is 1.84. The molecule has 0 aliphatic heterocycles. The van der Waals surface area contributed by atoms with Gasteiger partial charge in [-0.1, -0.05) is 0 Å². The van der Waals surface area contributed by atoms with Crippen molar-refractivity contribution < 1.29 is 30.0 Å². The topological polar surface area (TPSA) is 141 Å². The van der Waals surface area contributed by atoms with Gasteiger partial charge in [-0.05, 0) is 6.92 Å². The summed E-state index contributed by atoms with van der Waals surface area (Å²) in [6, 6.07) is -0.0926. The van der Waals surface area contributed by atoms with Crippen molar-refractivity contribution >= 4 is 0 Å². The average Bonchev–Trinajstić information content (AvgIpc) is 2.30. The zero-order valence-electron chi connectivity index (χ0n) is 7.33. The van der Waals surface area contributed by atoms with Gasteiger partial charge in [-0.2, -0.15) is 0 Å². The minimum atomic E-state index is -5.86. The van der Waals surface area contributed by atoms with E-state index < -0.39 is 15.8 Å². The Labute approximate surface area is 82.8 Å². The van der Waals surface area contributed by atoms with Crippen molar-refractivity contribution in [3.63, 3.8) is 0 Å². The van der Waals surface area contributed by atoms with E-state index in [1.54, 1.807) is 12.4 Å². The van der Waals surface area contributed by atoms with Crippen LogP contribution in [0.5, 0.6) is 0 Å². The summed E-state index contributed by atoms with van der Waals surface area (Å²) in [4.78, 5) is 3.93. The zero-order chi connectivity index (χ0) is 11.4. The standard InChI is InChI=1S/C5H10N4.H2O.3O.Re/c1-4(6)5-8-2-3-9(5)7;;;;;/h2-4H,6-7H2,1H3;1H2;;;;/q;;;;;+1/p-1. The van der Waals surface area contributed by atoms with Crippen LogP contribution in [-0.2, 0) is 26.2 Å². The molecule has 1 unspecified atom stereocenters. The van der Waals surface area contributed by atoms with Gasteiger partial charge in [0.15, 0.2) is 0 Å². The fraction of sp³-hybridized carbons (Fsp3) is 0.400. The SMILES string of the molecule is CC(N)c1nccn1N.[O]=[Re](=[O])(=[O])[OH]. The van der Waals surface area contributed by atoms with E-state index in [0.29, 0.717) is 5.82 Å². The van der Waals surface area contributed by atoms with Crippen molar-refractivity contribution in [3.8, 4) is 0 Å². The second kappa shape index (κ2) is 5.02. The number of nitrogen functional groups attached to an aromatic ring is 1. The van der Waals surface area contributed by atoms with Crippen molar-refractivity contribution in [2.24, 2.45) is 5.73 Å². The molecule has 0 aromatic carbocycles. The minimum absolute atomic E-state index is 0.0926. The molecule has 1 atom stereocenters. The molecule has 82 valence electrons. The van der Waals surface area contributed by atoms with Crippen LogP contribution in [-0.4, -0.2) is 13.5 Å². The van der Waals surface area contributed by atoms with E-state index in [2.05, 4.69) is 4.98 Å². The van der Waals surface area contributed by atoms with Crippen LogP contribution in [0.15, 0.2) is 12.4 Å². The zero-order valence-corrected chi connectivity index (χ0v) is 10.0. The molecule has 0 saturated heterocycles. The molecular formula is C5H11N4O4Re. The van der Waals surface area contributed by atoms with Crippen molar-refractivity contribution in [2.75, 3.05) is 5.84 Å². The Morgan fingerprint density at radius 2 is 2.00 bits per heavy atom. The van der Waals surface area contributed by atoms with Crippen LogP contribution < -0.4 is 11.6 Å². The molecule has 0 spiro atoms. The molecule has 1 aromatic heterocycles. The van der Waals surface area contributed by atoms with Gasteiger partial charge in [0.2, 0.25) is 0 Å². The summed E-state index contributed by atoms with van der Waals surface area (Å²) < 4.78 is 34.7. The van der Waals surface area contributed by atoms with Crippen molar-refractivity contribution in [1.29, 1.82) is 0 Å². The summed E-state index contributed by atoms with van der Waals surface area (Å²) in [5, 5.41) is 0. The molecule has 1 aromatic rings. The first-order valence-electron chi connectivity index (χ1n) is 3.39. The van der Waals surface area contributed by atoms with Gasteiger partial charge in [-0.25, -0.2) is 4.98 Å². The number of aromatic nitrogens is 2. The van der Waals surface area contributed by atoms with Gasteiger partial charge in [-0.15, -0.1) is 0 Å². The number of imidazole rings is 1. The number of rotatable bonds is 1. The van der Waals surface area contributed by atoms with Gasteiger partial charge in [-0.3, -0.25) is 4.68 Å². The van der Waals surface area contributed by atoms with E-state index in [1.165, 1.54) is 4.68 Å². The molecule has 0 saturated carbocycles. The predicted octanol–water partition coefficient (Wildman–Crippen LogP) is -1.30. The molecule has 0 amide bonds. The molecule has 0 fully saturated rings. The van der Waals surface area contributed by atoms with Gasteiger partial charge in [0.05, 0.1) is 6.04 Å². The van der Waals surface area contributed by atoms with Crippen molar-refractivity contribution in [2.45, 2.75) is 13.0 Å². The molecule has 9 heteroatoms. The van der Waals surface area contributed by atoms with Crippen LogP contribution >= 0.6 is 0 Å². The van der Waals surface area contributed by atoms with E-state index in [0.717, 1.165) is 0 Å². The number of nitrogens with two attached hydrogens (primary N) is 2. The number of hydrogen-bond acceptors (Lipinski definition) is 6. The van der Waals surface area contributed by atoms with E-state index in [4.69, 9.17) is 25.8 Å². The number of hydrogen-bond donors (Lipinski definition) is 3. The van der Waals surface area contributed by atoms with Crippen LogP contribution in [0.25, 0.3) is 0 Å². The second-order valence-electron chi connectivity index (χ2n) is 2.38. The van der Waals surface area contributed by atoms with Gasteiger partial charge < -0.3 is 11.6 Å². The quantitative estimate of drug-likeness (QED) is 0.517. The molecule has 8 nitrogen and oxygen atoms in total. The fourth-order valence-corrected chi connectivity index (χ4v) is 0.677. The Balaban J connectivity index is 0.000000292. The maximum absolute atomic E-state index is 8.75. The molecule has 0 aliphatic rings. The summed E-state index contributed by atoms with van der Waals surface area (Å²) in [5.74, 6) is 6.12. The third kappa shape index (κ3) is 6.50. The van der Waals surface area contributed by atoms with E-state index in [9.17, 15) is 0 Å². The summed E-state index contributed by atoms with van der Waals surface area (Å²) >= 11 is -5.86. The van der Waals surface area contributed by atoms with Gasteiger partial charge in [0, 0.05) is 12.4 Å². The van der Waals surface area contributed by atoms with Gasteiger partial charge in [0.1, 0.15) is 5.82 Å². The Bertz CT molecular complexity index is 415. The Morgan fingerprint density at radius 3 is 2.14 bits per heavy atom. The summed E-state index contributed by atoms with van der Waals surface area (Å²) in [7, 11) is 0. The third-order valence-corrected chi connectivity index (χ3v) is 1.11. The van der Waals surface area contributed by atoms with Gasteiger partial charge in [0.25, 0.3) is 0 Å². The second-order valence-corrected chi connectivity index (χ2v) is 5.22. The van der Waals surface area contributed by atoms with E-state index in [1.807, 2.05) is 6.92 Å². The average molecular weight is 377 g/mol. The molecule has 0 aliphatic carbocycles. The molecule has 0 radical (unpaired) electrons. The molecule has 14 heavy (non-hydrogen) atoms. The first-order valence-corrected chi connectivity index (χ1v) is 7.93. The monoisotopic (exact) mass is 378 g/mol. The molecular weight excluding hydrogens is 366 g/mol. The van der Waals surface area contributed by atoms with Crippen LogP contribution in [0.1, 0.15) is 18.8 Å². The van der Waals surface area contributed by atoms with Crippen LogP contribution in [0, 0.1) is 0 Å². The molecule has 5 N–H and O–H groups in total. The van der Waals surface area contributed by atoms with Gasteiger partial charge >= 0.3 is 30.0 Å². The maximum atomic E-state index is 8.75. The number of nitrogens with zero attached hydrogens (tertiary/aromatic N) is 2. The normalized spacial score (nSPS) is 12.8. The third-order valence-electron chi connectivity index (χ3n) is 1.11. The fourth-order valence-electron chi connectivity index (χ4n) is 0.677. The van der Waals surface area contributed by atoms with Crippen LogP contribution in [0.2, 0.25) is 0 Å². The first kappa shape index (κ1) is 13.0. The summed E-state index contributed by atoms with van der Waals surface area (Å²) in [5.41, 5.74) is 5.50. The van der Waals surface area contributed by atoms with Crippen LogP contribution in [0.3, 0.4) is 0 Å². The van der Waals surface area contributed by atoms with Crippen molar-refractivity contribution in [3.05, 3.63) is 18.2 Å². The van der Waals surface area contributed by atoms with Crippen molar-refractivity contribution in [1.82, 2.24) is 9.66 Å². The molecule has 1 rings (SSSR count). The molecule has 0 bridgehead atoms. The van der Waals surface area contributed by atoms with E-state index in [-0.39, 0.29) is 6.04 Å². The first-order chi connectivity index (χ1) is 6.22. The molecule has 1 heterocycles. The Kier molecular flexibility index (Phi) is 4.66. The van der Waals surface area contributed by atoms with Crippen LogP contribution in [0.4, 0.5) is 0 Å².